The van der Waals surface area contributed by atoms with Crippen LogP contribution in [-0.2, 0) is 9.53 Å². The Morgan fingerprint density at radius 1 is 1.47 bits per heavy atom. The SMILES string of the molecule is CCOC(CCNC(=O)CN)C(C)C.Cl. The number of carbonyl (C=O) groups excluding carboxylic acids is 1. The topological polar surface area (TPSA) is 64.3 Å². The van der Waals surface area contributed by atoms with Gasteiger partial charge in [0.05, 0.1) is 12.6 Å². The third kappa shape index (κ3) is 8.66. The van der Waals surface area contributed by atoms with Gasteiger partial charge in [-0.05, 0) is 19.3 Å². The van der Waals surface area contributed by atoms with E-state index in [0.717, 1.165) is 6.42 Å². The van der Waals surface area contributed by atoms with Gasteiger partial charge >= 0.3 is 0 Å². The van der Waals surface area contributed by atoms with Gasteiger partial charge in [-0.1, -0.05) is 13.8 Å². The molecule has 0 aromatic heterocycles. The van der Waals surface area contributed by atoms with Gasteiger partial charge in [0.25, 0.3) is 0 Å². The number of nitrogens with two attached hydrogens (primary N) is 1. The standard InChI is InChI=1S/C10H22N2O2.ClH/c1-4-14-9(8(2)3)5-6-12-10(13)7-11;/h8-9H,4-7,11H2,1-3H3,(H,12,13);1H. The Morgan fingerprint density at radius 2 is 2.07 bits per heavy atom. The van der Waals surface area contributed by atoms with E-state index in [0.29, 0.717) is 19.1 Å². The predicted octanol–water partition coefficient (Wildman–Crippen LogP) is 0.934. The van der Waals surface area contributed by atoms with Crippen LogP contribution in [0.15, 0.2) is 0 Å². The minimum absolute atomic E-state index is 0. The van der Waals surface area contributed by atoms with Crippen LogP contribution in [0.3, 0.4) is 0 Å². The number of hydrogen-bond acceptors (Lipinski definition) is 3. The molecule has 3 N–H and O–H groups in total. The average molecular weight is 239 g/mol. The second kappa shape index (κ2) is 10.2. The molecule has 0 bridgehead atoms. The molecular formula is C10H23ClN2O2. The molecular weight excluding hydrogens is 216 g/mol. The maximum atomic E-state index is 10.8. The molecule has 0 aromatic carbocycles. The molecule has 0 aliphatic heterocycles. The maximum absolute atomic E-state index is 10.8. The highest BCUT2D eigenvalue weighted by Crippen LogP contribution is 2.09. The molecule has 0 saturated heterocycles. The van der Waals surface area contributed by atoms with Gasteiger partial charge in [-0.25, -0.2) is 0 Å². The number of rotatable bonds is 7. The van der Waals surface area contributed by atoms with Gasteiger partial charge in [-0.3, -0.25) is 4.79 Å². The highest BCUT2D eigenvalue weighted by molar-refractivity contribution is 5.85. The zero-order valence-electron chi connectivity index (χ0n) is 9.79. The number of ether oxygens (including phenoxy) is 1. The van der Waals surface area contributed by atoms with Crippen molar-refractivity contribution in [1.82, 2.24) is 5.32 Å². The third-order valence-corrected chi connectivity index (χ3v) is 2.06. The smallest absolute Gasteiger partial charge is 0.233 e. The zero-order chi connectivity index (χ0) is 11.0. The van der Waals surface area contributed by atoms with Crippen molar-refractivity contribution in [3.63, 3.8) is 0 Å². The van der Waals surface area contributed by atoms with E-state index in [-0.39, 0.29) is 31.0 Å². The Kier molecular flexibility index (Phi) is 11.6. The first-order valence-corrected chi connectivity index (χ1v) is 5.20. The van der Waals surface area contributed by atoms with E-state index in [2.05, 4.69) is 19.2 Å². The Morgan fingerprint density at radius 3 is 2.47 bits per heavy atom. The van der Waals surface area contributed by atoms with Crippen LogP contribution in [0, 0.1) is 5.92 Å². The Labute approximate surface area is 98.3 Å². The molecule has 0 fully saturated rings. The summed E-state index contributed by atoms with van der Waals surface area (Å²) in [6, 6.07) is 0. The van der Waals surface area contributed by atoms with Crippen molar-refractivity contribution in [2.45, 2.75) is 33.3 Å². The summed E-state index contributed by atoms with van der Waals surface area (Å²) in [5, 5.41) is 2.73. The highest BCUT2D eigenvalue weighted by Gasteiger charge is 2.12. The molecule has 0 heterocycles. The van der Waals surface area contributed by atoms with Crippen LogP contribution in [0.25, 0.3) is 0 Å². The van der Waals surface area contributed by atoms with Gasteiger partial charge in [0.2, 0.25) is 5.91 Å². The first-order valence-electron chi connectivity index (χ1n) is 5.20. The number of amides is 1. The summed E-state index contributed by atoms with van der Waals surface area (Å²) in [5.74, 6) is 0.369. The van der Waals surface area contributed by atoms with Gasteiger partial charge in [0.15, 0.2) is 0 Å². The van der Waals surface area contributed by atoms with Crippen molar-refractivity contribution in [2.75, 3.05) is 19.7 Å². The zero-order valence-corrected chi connectivity index (χ0v) is 10.6. The Bertz CT molecular complexity index is 166. The average Bonchev–Trinajstić information content (AvgIpc) is 2.16. The van der Waals surface area contributed by atoms with Crippen molar-refractivity contribution in [2.24, 2.45) is 11.7 Å². The minimum Gasteiger partial charge on any atom is -0.378 e. The summed E-state index contributed by atoms with van der Waals surface area (Å²) in [7, 11) is 0. The van der Waals surface area contributed by atoms with E-state index in [9.17, 15) is 4.79 Å². The lowest BCUT2D eigenvalue weighted by Gasteiger charge is -2.20. The molecule has 0 aliphatic rings. The summed E-state index contributed by atoms with van der Waals surface area (Å²) >= 11 is 0. The molecule has 1 unspecified atom stereocenters. The van der Waals surface area contributed by atoms with Crippen molar-refractivity contribution in [3.8, 4) is 0 Å². The van der Waals surface area contributed by atoms with Crippen LogP contribution in [0.2, 0.25) is 0 Å². The first-order chi connectivity index (χ1) is 6.61. The Hall–Kier alpha value is -0.320. The van der Waals surface area contributed by atoms with Crippen molar-refractivity contribution < 1.29 is 9.53 Å². The third-order valence-electron chi connectivity index (χ3n) is 2.06. The Balaban J connectivity index is 0. The van der Waals surface area contributed by atoms with Crippen LogP contribution in [-0.4, -0.2) is 31.7 Å². The quantitative estimate of drug-likeness (QED) is 0.694. The predicted molar refractivity (Wildman–Crippen MR) is 64.2 cm³/mol. The normalized spacial score (nSPS) is 12.1. The van der Waals surface area contributed by atoms with Crippen molar-refractivity contribution >= 4 is 18.3 Å². The number of halogens is 1. The molecule has 0 aliphatic carbocycles. The molecule has 1 amide bonds. The van der Waals surface area contributed by atoms with E-state index in [1.165, 1.54) is 0 Å². The summed E-state index contributed by atoms with van der Waals surface area (Å²) in [6.07, 6.45) is 1.06. The van der Waals surface area contributed by atoms with Crippen LogP contribution in [0.5, 0.6) is 0 Å². The monoisotopic (exact) mass is 238 g/mol. The van der Waals surface area contributed by atoms with Crippen molar-refractivity contribution in [1.29, 1.82) is 0 Å². The molecule has 92 valence electrons. The summed E-state index contributed by atoms with van der Waals surface area (Å²) in [4.78, 5) is 10.8. The van der Waals surface area contributed by atoms with Crippen LogP contribution >= 0.6 is 12.4 Å². The van der Waals surface area contributed by atoms with Gasteiger partial charge in [-0.2, -0.15) is 0 Å². The molecule has 0 aromatic rings. The first kappa shape index (κ1) is 17.1. The molecule has 5 heteroatoms. The molecule has 0 radical (unpaired) electrons. The fourth-order valence-electron chi connectivity index (χ4n) is 1.25. The summed E-state index contributed by atoms with van der Waals surface area (Å²) < 4.78 is 5.54. The van der Waals surface area contributed by atoms with Crippen LogP contribution in [0.4, 0.5) is 0 Å². The molecule has 4 nitrogen and oxygen atoms in total. The molecule has 15 heavy (non-hydrogen) atoms. The molecule has 0 saturated carbocycles. The second-order valence-corrected chi connectivity index (χ2v) is 3.58. The maximum Gasteiger partial charge on any atom is 0.233 e. The van der Waals surface area contributed by atoms with E-state index in [1.54, 1.807) is 0 Å². The lowest BCUT2D eigenvalue weighted by atomic mass is 10.0. The largest absolute Gasteiger partial charge is 0.378 e. The minimum atomic E-state index is -0.107. The van der Waals surface area contributed by atoms with Crippen LogP contribution < -0.4 is 11.1 Å². The van der Waals surface area contributed by atoms with Gasteiger partial charge in [-0.15, -0.1) is 12.4 Å². The molecule has 1 atom stereocenters. The van der Waals surface area contributed by atoms with Crippen LogP contribution in [0.1, 0.15) is 27.2 Å². The lowest BCUT2D eigenvalue weighted by Crippen LogP contribution is -2.34. The number of carbonyl (C=O) groups is 1. The van der Waals surface area contributed by atoms with Crippen molar-refractivity contribution in [3.05, 3.63) is 0 Å². The molecule has 0 rings (SSSR count). The van der Waals surface area contributed by atoms with Gasteiger partial charge in [0.1, 0.15) is 0 Å². The second-order valence-electron chi connectivity index (χ2n) is 3.58. The number of nitrogens with one attached hydrogen (secondary N) is 1. The van der Waals surface area contributed by atoms with Gasteiger partial charge < -0.3 is 15.8 Å². The lowest BCUT2D eigenvalue weighted by molar-refractivity contribution is -0.119. The van der Waals surface area contributed by atoms with E-state index < -0.39 is 0 Å². The van der Waals surface area contributed by atoms with E-state index in [1.807, 2.05) is 6.92 Å². The summed E-state index contributed by atoms with van der Waals surface area (Å²) in [6.45, 7) is 7.62. The van der Waals surface area contributed by atoms with E-state index in [4.69, 9.17) is 10.5 Å². The van der Waals surface area contributed by atoms with E-state index >= 15 is 0 Å². The fraction of sp³-hybridized carbons (Fsp3) is 0.900. The number of hydrogen-bond donors (Lipinski definition) is 2. The van der Waals surface area contributed by atoms with Gasteiger partial charge in [0, 0.05) is 13.2 Å². The highest BCUT2D eigenvalue weighted by atomic mass is 35.5. The summed E-state index contributed by atoms with van der Waals surface area (Å²) in [5.41, 5.74) is 5.16. The fourth-order valence-corrected chi connectivity index (χ4v) is 1.25. The molecule has 0 spiro atoms.